The summed E-state index contributed by atoms with van der Waals surface area (Å²) >= 11 is 3.32. The Morgan fingerprint density at radius 2 is 2.07 bits per heavy atom. The van der Waals surface area contributed by atoms with Crippen molar-refractivity contribution in [2.45, 2.75) is 6.92 Å². The van der Waals surface area contributed by atoms with Crippen molar-refractivity contribution in [1.82, 2.24) is 0 Å². The molecule has 4 nitrogen and oxygen atoms in total. The van der Waals surface area contributed by atoms with E-state index in [1.54, 1.807) is 12.1 Å². The van der Waals surface area contributed by atoms with E-state index >= 15 is 0 Å². The van der Waals surface area contributed by atoms with Gasteiger partial charge in [-0.2, -0.15) is 0 Å². The minimum atomic E-state index is -0.910. The van der Waals surface area contributed by atoms with E-state index in [1.165, 1.54) is 0 Å². The molecule has 0 heterocycles. The summed E-state index contributed by atoms with van der Waals surface area (Å²) in [6.07, 6.45) is 0. The van der Waals surface area contributed by atoms with Crippen molar-refractivity contribution in [2.75, 3.05) is 12.4 Å². The second-order valence-electron chi connectivity index (χ2n) is 2.91. The van der Waals surface area contributed by atoms with Crippen LogP contribution in [0, 0.1) is 6.92 Å². The molecule has 0 fully saturated rings. The van der Waals surface area contributed by atoms with Crippen LogP contribution in [-0.2, 0) is 14.3 Å². The average Bonchev–Trinajstić information content (AvgIpc) is 2.22. The Morgan fingerprint density at radius 1 is 1.40 bits per heavy atom. The molecule has 0 aliphatic rings. The largest absolute Gasteiger partial charge is 0.462 e. The molecule has 5 heteroatoms. The van der Waals surface area contributed by atoms with Crippen molar-refractivity contribution in [3.8, 4) is 0 Å². The number of halogens is 1. The first kappa shape index (κ1) is 11.7. The number of rotatable bonds is 1. The zero-order valence-electron chi connectivity index (χ0n) is 8.33. The molecule has 1 amide bonds. The van der Waals surface area contributed by atoms with Crippen LogP contribution in [0.5, 0.6) is 0 Å². The number of esters is 1. The third kappa shape index (κ3) is 3.06. The van der Waals surface area contributed by atoms with Crippen LogP contribution in [0.15, 0.2) is 22.7 Å². The van der Waals surface area contributed by atoms with Crippen molar-refractivity contribution >= 4 is 33.5 Å². The molecule has 1 N–H and O–H groups in total. The normalized spacial score (nSPS) is 9.53. The number of ether oxygens (including phenoxy) is 1. The van der Waals surface area contributed by atoms with Crippen molar-refractivity contribution in [3.05, 3.63) is 28.2 Å². The summed E-state index contributed by atoms with van der Waals surface area (Å²) in [7, 11) is 1.16. The molecule has 0 spiro atoms. The Kier molecular flexibility index (Phi) is 3.85. The highest BCUT2D eigenvalue weighted by molar-refractivity contribution is 9.10. The van der Waals surface area contributed by atoms with Crippen LogP contribution in [0.4, 0.5) is 5.69 Å². The highest BCUT2D eigenvalue weighted by Crippen LogP contribution is 2.20. The first-order chi connectivity index (χ1) is 7.04. The van der Waals surface area contributed by atoms with Crippen LogP contribution >= 0.6 is 15.9 Å². The molecule has 0 aliphatic heterocycles. The van der Waals surface area contributed by atoms with Gasteiger partial charge in [-0.1, -0.05) is 22.0 Å². The average molecular weight is 272 g/mol. The summed E-state index contributed by atoms with van der Waals surface area (Å²) in [5.41, 5.74) is 1.59. The number of carbonyl (C=O) groups excluding carboxylic acids is 2. The van der Waals surface area contributed by atoms with Gasteiger partial charge in [-0.3, -0.25) is 4.79 Å². The molecule has 80 valence electrons. The Balaban J connectivity index is 2.77. The number of aryl methyl sites for hydroxylation is 1. The van der Waals surface area contributed by atoms with Gasteiger partial charge in [0, 0.05) is 10.2 Å². The van der Waals surface area contributed by atoms with E-state index in [9.17, 15) is 9.59 Å². The van der Waals surface area contributed by atoms with E-state index in [2.05, 4.69) is 26.0 Å². The predicted molar refractivity (Wildman–Crippen MR) is 59.5 cm³/mol. The third-order valence-electron chi connectivity index (χ3n) is 1.80. The van der Waals surface area contributed by atoms with Crippen LogP contribution in [0.2, 0.25) is 0 Å². The third-order valence-corrected chi connectivity index (χ3v) is 2.65. The van der Waals surface area contributed by atoms with Crippen LogP contribution < -0.4 is 5.32 Å². The van der Waals surface area contributed by atoms with E-state index in [-0.39, 0.29) is 0 Å². The number of anilines is 1. The predicted octanol–water partition coefficient (Wildman–Crippen LogP) is 1.87. The Labute approximate surface area is 95.7 Å². The number of methoxy groups -OCH3 is 1. The summed E-state index contributed by atoms with van der Waals surface area (Å²) in [6, 6.07) is 5.26. The van der Waals surface area contributed by atoms with Crippen molar-refractivity contribution in [1.29, 1.82) is 0 Å². The van der Waals surface area contributed by atoms with Gasteiger partial charge in [-0.25, -0.2) is 4.79 Å². The monoisotopic (exact) mass is 271 g/mol. The zero-order valence-corrected chi connectivity index (χ0v) is 9.92. The van der Waals surface area contributed by atoms with Crippen LogP contribution in [0.3, 0.4) is 0 Å². The molecular formula is C10H10BrNO3. The summed E-state index contributed by atoms with van der Waals surface area (Å²) in [5.74, 6) is -1.69. The smallest absolute Gasteiger partial charge is 0.396 e. The zero-order chi connectivity index (χ0) is 11.4. The van der Waals surface area contributed by atoms with Gasteiger partial charge >= 0.3 is 11.9 Å². The first-order valence-electron chi connectivity index (χ1n) is 4.20. The van der Waals surface area contributed by atoms with E-state index in [4.69, 9.17) is 0 Å². The van der Waals surface area contributed by atoms with Crippen LogP contribution in [0.1, 0.15) is 5.56 Å². The summed E-state index contributed by atoms with van der Waals surface area (Å²) in [4.78, 5) is 22.0. The van der Waals surface area contributed by atoms with Gasteiger partial charge in [-0.15, -0.1) is 0 Å². The second-order valence-corrected chi connectivity index (χ2v) is 3.76. The number of carbonyl (C=O) groups is 2. The van der Waals surface area contributed by atoms with Gasteiger partial charge in [0.15, 0.2) is 0 Å². The summed E-state index contributed by atoms with van der Waals surface area (Å²) in [6.45, 7) is 1.93. The summed E-state index contributed by atoms with van der Waals surface area (Å²) < 4.78 is 5.14. The topological polar surface area (TPSA) is 55.4 Å². The molecule has 1 aromatic carbocycles. The molecule has 0 saturated carbocycles. The van der Waals surface area contributed by atoms with Crippen molar-refractivity contribution in [2.24, 2.45) is 0 Å². The van der Waals surface area contributed by atoms with Crippen molar-refractivity contribution in [3.63, 3.8) is 0 Å². The maximum atomic E-state index is 11.1. The lowest BCUT2D eigenvalue weighted by molar-refractivity contribution is -0.150. The molecule has 0 bridgehead atoms. The maximum Gasteiger partial charge on any atom is 0.396 e. The molecule has 0 radical (unpaired) electrons. The van der Waals surface area contributed by atoms with Gasteiger partial charge in [0.05, 0.1) is 7.11 Å². The van der Waals surface area contributed by atoms with E-state index in [0.717, 1.165) is 17.1 Å². The molecule has 1 aromatic rings. The molecule has 0 aliphatic carbocycles. The van der Waals surface area contributed by atoms with Gasteiger partial charge in [0.25, 0.3) is 0 Å². The van der Waals surface area contributed by atoms with Crippen LogP contribution in [-0.4, -0.2) is 19.0 Å². The minimum absolute atomic E-state index is 0.544. The Bertz CT molecular complexity index is 404. The minimum Gasteiger partial charge on any atom is -0.462 e. The quantitative estimate of drug-likeness (QED) is 0.627. The highest BCUT2D eigenvalue weighted by atomic mass is 79.9. The SMILES string of the molecule is COC(=O)C(=O)Nc1ccc(C)c(Br)c1. The number of benzene rings is 1. The fraction of sp³-hybridized carbons (Fsp3) is 0.200. The fourth-order valence-electron chi connectivity index (χ4n) is 0.945. The molecule has 0 unspecified atom stereocenters. The number of hydrogen-bond donors (Lipinski definition) is 1. The van der Waals surface area contributed by atoms with E-state index in [0.29, 0.717) is 5.69 Å². The molecule has 1 rings (SSSR count). The lowest BCUT2D eigenvalue weighted by Crippen LogP contribution is -2.23. The Morgan fingerprint density at radius 3 is 2.60 bits per heavy atom. The first-order valence-corrected chi connectivity index (χ1v) is 4.99. The molecule has 0 atom stereocenters. The van der Waals surface area contributed by atoms with E-state index < -0.39 is 11.9 Å². The standard InChI is InChI=1S/C10H10BrNO3/c1-6-3-4-7(5-8(6)11)12-9(13)10(14)15-2/h3-5H,1-2H3,(H,12,13). The second kappa shape index (κ2) is 4.93. The van der Waals surface area contributed by atoms with Gasteiger partial charge in [0.2, 0.25) is 0 Å². The van der Waals surface area contributed by atoms with Gasteiger partial charge in [0.1, 0.15) is 0 Å². The van der Waals surface area contributed by atoms with Crippen LogP contribution in [0.25, 0.3) is 0 Å². The highest BCUT2D eigenvalue weighted by Gasteiger charge is 2.13. The summed E-state index contributed by atoms with van der Waals surface area (Å²) in [5, 5.41) is 2.42. The van der Waals surface area contributed by atoms with Crippen molar-refractivity contribution < 1.29 is 14.3 Å². The lowest BCUT2D eigenvalue weighted by Gasteiger charge is -2.05. The number of hydrogen-bond acceptors (Lipinski definition) is 3. The lowest BCUT2D eigenvalue weighted by atomic mass is 10.2. The van der Waals surface area contributed by atoms with Gasteiger partial charge < -0.3 is 10.1 Å². The molecule has 0 saturated heterocycles. The molecule has 15 heavy (non-hydrogen) atoms. The molecule has 0 aromatic heterocycles. The van der Waals surface area contributed by atoms with Gasteiger partial charge in [-0.05, 0) is 24.6 Å². The number of nitrogens with one attached hydrogen (secondary N) is 1. The number of amides is 1. The fourth-order valence-corrected chi connectivity index (χ4v) is 1.32. The Hall–Kier alpha value is -1.36. The molecular weight excluding hydrogens is 262 g/mol. The van der Waals surface area contributed by atoms with E-state index in [1.807, 2.05) is 13.0 Å². The maximum absolute atomic E-state index is 11.1.